The Morgan fingerprint density at radius 3 is 1.58 bits per heavy atom. The second-order valence-electron chi connectivity index (χ2n) is 4.61. The highest BCUT2D eigenvalue weighted by molar-refractivity contribution is 4.89. The van der Waals surface area contributed by atoms with Gasteiger partial charge in [0.15, 0.2) is 0 Å². The van der Waals surface area contributed by atoms with E-state index in [0.29, 0.717) is 6.61 Å². The molecule has 1 saturated carbocycles. The molecule has 0 aromatic carbocycles. The van der Waals surface area contributed by atoms with Crippen molar-refractivity contribution in [3.05, 3.63) is 0 Å². The molecule has 1 nitrogen and oxygen atoms in total. The number of aliphatic hydroxyl groups excluding tert-OH is 1. The summed E-state index contributed by atoms with van der Waals surface area (Å²) in [5.41, 5.74) is 0. The van der Waals surface area contributed by atoms with Crippen LogP contribution in [0.5, 0.6) is 0 Å². The van der Waals surface area contributed by atoms with Crippen molar-refractivity contribution >= 4 is 0 Å². The van der Waals surface area contributed by atoms with E-state index in [1.54, 1.807) is 0 Å². The van der Waals surface area contributed by atoms with Gasteiger partial charge in [0.2, 0.25) is 0 Å². The first-order chi connectivity index (χ1) is 5.59. The quantitative estimate of drug-likeness (QED) is 0.675. The molecule has 0 aliphatic heterocycles. The van der Waals surface area contributed by atoms with Gasteiger partial charge < -0.3 is 5.11 Å². The number of aliphatic hydroxyl groups is 1. The average Bonchev–Trinajstić information content (AvgIpc) is 2.23. The van der Waals surface area contributed by atoms with Crippen LogP contribution in [0.25, 0.3) is 0 Å². The van der Waals surface area contributed by atoms with E-state index in [2.05, 4.69) is 27.7 Å². The fourth-order valence-corrected chi connectivity index (χ4v) is 2.89. The summed E-state index contributed by atoms with van der Waals surface area (Å²) in [5, 5.41) is 8.93. The standard InChI is InChI=1S/C11H22O/c1-7-8(2)10(4)11(5-6-12)9(7)3/h7-12H,5-6H2,1-4H3. The summed E-state index contributed by atoms with van der Waals surface area (Å²) >= 11 is 0. The maximum atomic E-state index is 8.93. The zero-order chi connectivity index (χ0) is 9.30. The third-order valence-corrected chi connectivity index (χ3v) is 4.30. The Hall–Kier alpha value is -0.0400. The Kier molecular flexibility index (Phi) is 3.16. The molecule has 0 heterocycles. The minimum absolute atomic E-state index is 0.360. The fourth-order valence-electron chi connectivity index (χ4n) is 2.89. The lowest BCUT2D eigenvalue weighted by Crippen LogP contribution is -2.14. The molecule has 1 N–H and O–H groups in total. The van der Waals surface area contributed by atoms with Crippen LogP contribution in [-0.2, 0) is 0 Å². The SMILES string of the molecule is CC1C(C)C(C)C(CCO)C1C. The largest absolute Gasteiger partial charge is 0.396 e. The molecule has 1 heteroatoms. The molecule has 1 rings (SSSR count). The number of rotatable bonds is 2. The Morgan fingerprint density at radius 2 is 1.25 bits per heavy atom. The minimum atomic E-state index is 0.360. The first-order valence-corrected chi connectivity index (χ1v) is 5.20. The van der Waals surface area contributed by atoms with Crippen LogP contribution in [0.3, 0.4) is 0 Å². The Balaban J connectivity index is 2.62. The molecule has 4 unspecified atom stereocenters. The van der Waals surface area contributed by atoms with Crippen LogP contribution in [-0.4, -0.2) is 11.7 Å². The molecule has 0 aromatic heterocycles. The van der Waals surface area contributed by atoms with Crippen molar-refractivity contribution < 1.29 is 5.11 Å². The van der Waals surface area contributed by atoms with Gasteiger partial charge in [0.1, 0.15) is 0 Å². The summed E-state index contributed by atoms with van der Waals surface area (Å²) < 4.78 is 0. The van der Waals surface area contributed by atoms with E-state index in [4.69, 9.17) is 5.11 Å². The summed E-state index contributed by atoms with van der Waals surface area (Å²) in [6, 6.07) is 0. The van der Waals surface area contributed by atoms with Crippen molar-refractivity contribution in [2.45, 2.75) is 34.1 Å². The van der Waals surface area contributed by atoms with Crippen molar-refractivity contribution in [1.82, 2.24) is 0 Å². The van der Waals surface area contributed by atoms with E-state index in [0.717, 1.165) is 36.0 Å². The highest BCUT2D eigenvalue weighted by Crippen LogP contribution is 2.46. The van der Waals surface area contributed by atoms with Crippen LogP contribution in [0.15, 0.2) is 0 Å². The van der Waals surface area contributed by atoms with Gasteiger partial charge in [-0.2, -0.15) is 0 Å². The first-order valence-electron chi connectivity index (χ1n) is 5.20. The van der Waals surface area contributed by atoms with Crippen molar-refractivity contribution in [2.75, 3.05) is 6.61 Å². The van der Waals surface area contributed by atoms with Gasteiger partial charge >= 0.3 is 0 Å². The third-order valence-electron chi connectivity index (χ3n) is 4.30. The lowest BCUT2D eigenvalue weighted by Gasteiger charge is -2.19. The molecule has 0 radical (unpaired) electrons. The Morgan fingerprint density at radius 1 is 0.833 bits per heavy atom. The van der Waals surface area contributed by atoms with Crippen LogP contribution in [0.4, 0.5) is 0 Å². The fraction of sp³-hybridized carbons (Fsp3) is 1.00. The van der Waals surface area contributed by atoms with Crippen LogP contribution in [0.1, 0.15) is 34.1 Å². The van der Waals surface area contributed by atoms with Crippen LogP contribution < -0.4 is 0 Å². The van der Waals surface area contributed by atoms with Crippen molar-refractivity contribution in [3.63, 3.8) is 0 Å². The molecule has 0 spiro atoms. The highest BCUT2D eigenvalue weighted by atomic mass is 16.3. The Labute approximate surface area is 76.2 Å². The molecular weight excluding hydrogens is 148 g/mol. The smallest absolute Gasteiger partial charge is 0.0433 e. The van der Waals surface area contributed by atoms with E-state index in [9.17, 15) is 0 Å². The van der Waals surface area contributed by atoms with Crippen LogP contribution in [0.2, 0.25) is 0 Å². The molecule has 1 aliphatic carbocycles. The van der Waals surface area contributed by atoms with E-state index in [1.165, 1.54) is 0 Å². The Bertz CT molecular complexity index is 130. The van der Waals surface area contributed by atoms with Gasteiger partial charge in [0.05, 0.1) is 0 Å². The van der Waals surface area contributed by atoms with E-state index < -0.39 is 0 Å². The molecule has 0 saturated heterocycles. The van der Waals surface area contributed by atoms with Crippen molar-refractivity contribution in [3.8, 4) is 0 Å². The summed E-state index contributed by atoms with van der Waals surface area (Å²) in [6.45, 7) is 9.74. The van der Waals surface area contributed by atoms with Crippen LogP contribution in [0, 0.1) is 29.6 Å². The molecule has 12 heavy (non-hydrogen) atoms. The zero-order valence-corrected chi connectivity index (χ0v) is 8.75. The maximum absolute atomic E-state index is 8.93. The molecule has 0 amide bonds. The highest BCUT2D eigenvalue weighted by Gasteiger charge is 2.40. The summed E-state index contributed by atoms with van der Waals surface area (Å²) in [4.78, 5) is 0. The third kappa shape index (κ3) is 1.52. The summed E-state index contributed by atoms with van der Waals surface area (Å²) in [5.74, 6) is 4.00. The van der Waals surface area contributed by atoms with Gasteiger partial charge in [0.25, 0.3) is 0 Å². The van der Waals surface area contributed by atoms with Crippen LogP contribution >= 0.6 is 0 Å². The van der Waals surface area contributed by atoms with E-state index >= 15 is 0 Å². The van der Waals surface area contributed by atoms with Gasteiger partial charge in [0, 0.05) is 6.61 Å². The van der Waals surface area contributed by atoms with Gasteiger partial charge in [-0.05, 0) is 36.0 Å². The maximum Gasteiger partial charge on any atom is 0.0433 e. The van der Waals surface area contributed by atoms with Crippen molar-refractivity contribution in [1.29, 1.82) is 0 Å². The number of hydrogen-bond acceptors (Lipinski definition) is 1. The number of hydrogen-bond donors (Lipinski definition) is 1. The van der Waals surface area contributed by atoms with E-state index in [-0.39, 0.29) is 0 Å². The normalized spacial score (nSPS) is 48.2. The lowest BCUT2D eigenvalue weighted by atomic mass is 9.87. The second-order valence-corrected chi connectivity index (χ2v) is 4.61. The second kappa shape index (κ2) is 3.78. The predicted molar refractivity (Wildman–Crippen MR) is 51.8 cm³/mol. The summed E-state index contributed by atoms with van der Waals surface area (Å²) in [7, 11) is 0. The average molecular weight is 170 g/mol. The molecule has 1 fully saturated rings. The molecule has 0 aromatic rings. The molecule has 1 aliphatic rings. The van der Waals surface area contributed by atoms with Gasteiger partial charge in [-0.15, -0.1) is 0 Å². The topological polar surface area (TPSA) is 20.2 Å². The molecule has 0 bridgehead atoms. The first kappa shape index (κ1) is 10.0. The van der Waals surface area contributed by atoms with E-state index in [1.807, 2.05) is 0 Å². The van der Waals surface area contributed by atoms with Crippen molar-refractivity contribution in [2.24, 2.45) is 29.6 Å². The van der Waals surface area contributed by atoms with Gasteiger partial charge in [-0.1, -0.05) is 27.7 Å². The zero-order valence-electron chi connectivity index (χ0n) is 8.75. The summed E-state index contributed by atoms with van der Waals surface area (Å²) in [6.07, 6.45) is 0.997. The van der Waals surface area contributed by atoms with Gasteiger partial charge in [-0.25, -0.2) is 0 Å². The minimum Gasteiger partial charge on any atom is -0.396 e. The molecule has 72 valence electrons. The molecular formula is C11H22O. The van der Waals surface area contributed by atoms with Gasteiger partial charge in [-0.3, -0.25) is 0 Å². The predicted octanol–water partition coefficient (Wildman–Crippen LogP) is 2.54. The monoisotopic (exact) mass is 170 g/mol. The molecule has 4 atom stereocenters. The lowest BCUT2D eigenvalue weighted by molar-refractivity contribution is 0.209.